The summed E-state index contributed by atoms with van der Waals surface area (Å²) < 4.78 is 13.6. The summed E-state index contributed by atoms with van der Waals surface area (Å²) in [6.07, 6.45) is 0. The zero-order chi connectivity index (χ0) is 14.5. The number of aromatic carboxylic acids is 1. The summed E-state index contributed by atoms with van der Waals surface area (Å²) in [7, 11) is 0. The molecule has 4 heteroatoms. The van der Waals surface area contributed by atoms with E-state index in [2.05, 4.69) is 5.32 Å². The lowest BCUT2D eigenvalue weighted by Crippen LogP contribution is -2.19. The molecule has 0 heterocycles. The lowest BCUT2D eigenvalue weighted by molar-refractivity contribution is 0.0697. The van der Waals surface area contributed by atoms with Gasteiger partial charge in [0.15, 0.2) is 0 Å². The van der Waals surface area contributed by atoms with Gasteiger partial charge in [0.2, 0.25) is 0 Å². The van der Waals surface area contributed by atoms with Crippen LogP contribution < -0.4 is 5.32 Å². The van der Waals surface area contributed by atoms with E-state index in [0.29, 0.717) is 12.1 Å². The molecule has 0 saturated carbocycles. The van der Waals surface area contributed by atoms with E-state index in [1.807, 2.05) is 6.92 Å². The molecule has 0 saturated heterocycles. The van der Waals surface area contributed by atoms with Gasteiger partial charge in [0.25, 0.3) is 0 Å². The van der Waals surface area contributed by atoms with Gasteiger partial charge >= 0.3 is 5.97 Å². The van der Waals surface area contributed by atoms with Crippen LogP contribution in [0.25, 0.3) is 0 Å². The molecule has 0 aliphatic carbocycles. The number of carboxylic acid groups (broad SMARTS) is 1. The summed E-state index contributed by atoms with van der Waals surface area (Å²) in [5, 5.41) is 12.0. The Kier molecular flexibility index (Phi) is 4.48. The third kappa shape index (κ3) is 3.42. The first-order valence-electron chi connectivity index (χ1n) is 6.38. The number of hydrogen-bond donors (Lipinski definition) is 2. The number of nitrogens with one attached hydrogen (secondary N) is 1. The van der Waals surface area contributed by atoms with Crippen LogP contribution in [0.3, 0.4) is 0 Å². The lowest BCUT2D eigenvalue weighted by Gasteiger charge is -2.15. The summed E-state index contributed by atoms with van der Waals surface area (Å²) in [6, 6.07) is 13.2. The summed E-state index contributed by atoms with van der Waals surface area (Å²) >= 11 is 0. The Morgan fingerprint density at radius 2 is 1.85 bits per heavy atom. The average Bonchev–Trinajstić information content (AvgIpc) is 2.45. The number of carbonyl (C=O) groups is 1. The van der Waals surface area contributed by atoms with Crippen LogP contribution in [0.2, 0.25) is 0 Å². The van der Waals surface area contributed by atoms with E-state index < -0.39 is 5.97 Å². The highest BCUT2D eigenvalue weighted by molar-refractivity contribution is 5.87. The molecule has 2 aromatic carbocycles. The molecular weight excluding hydrogens is 257 g/mol. The molecule has 104 valence electrons. The van der Waals surface area contributed by atoms with E-state index >= 15 is 0 Å². The molecule has 0 amide bonds. The van der Waals surface area contributed by atoms with Crippen molar-refractivity contribution >= 4 is 5.97 Å². The maximum atomic E-state index is 13.6. The average molecular weight is 273 g/mol. The minimum Gasteiger partial charge on any atom is -0.478 e. The highest BCUT2D eigenvalue weighted by Crippen LogP contribution is 2.16. The van der Waals surface area contributed by atoms with Gasteiger partial charge in [-0.05, 0) is 30.7 Å². The normalized spacial score (nSPS) is 12.1. The second kappa shape index (κ2) is 6.30. The van der Waals surface area contributed by atoms with Gasteiger partial charge in [0, 0.05) is 18.2 Å². The van der Waals surface area contributed by atoms with Gasteiger partial charge in [-0.2, -0.15) is 0 Å². The van der Waals surface area contributed by atoms with Crippen molar-refractivity contribution in [3.8, 4) is 0 Å². The smallest absolute Gasteiger partial charge is 0.335 e. The minimum absolute atomic E-state index is 0.115. The molecule has 0 aromatic heterocycles. The van der Waals surface area contributed by atoms with Crippen molar-refractivity contribution in [3.63, 3.8) is 0 Å². The Morgan fingerprint density at radius 1 is 1.20 bits per heavy atom. The van der Waals surface area contributed by atoms with E-state index in [4.69, 9.17) is 5.11 Å². The third-order valence-corrected chi connectivity index (χ3v) is 3.18. The quantitative estimate of drug-likeness (QED) is 0.878. The number of rotatable bonds is 5. The van der Waals surface area contributed by atoms with Crippen molar-refractivity contribution in [1.82, 2.24) is 5.32 Å². The topological polar surface area (TPSA) is 49.3 Å². The van der Waals surface area contributed by atoms with E-state index in [9.17, 15) is 9.18 Å². The summed E-state index contributed by atoms with van der Waals surface area (Å²) in [4.78, 5) is 10.7. The lowest BCUT2D eigenvalue weighted by atomic mass is 10.1. The molecule has 1 atom stereocenters. The molecule has 0 bridgehead atoms. The van der Waals surface area contributed by atoms with Crippen molar-refractivity contribution in [2.75, 3.05) is 0 Å². The van der Waals surface area contributed by atoms with Crippen LogP contribution in [0.15, 0.2) is 48.5 Å². The van der Waals surface area contributed by atoms with Gasteiger partial charge in [-0.1, -0.05) is 30.3 Å². The van der Waals surface area contributed by atoms with Gasteiger partial charge < -0.3 is 10.4 Å². The molecule has 0 aliphatic heterocycles. The predicted molar refractivity (Wildman–Crippen MR) is 75.1 cm³/mol. The largest absolute Gasteiger partial charge is 0.478 e. The first-order valence-corrected chi connectivity index (χ1v) is 6.38. The first-order chi connectivity index (χ1) is 9.58. The van der Waals surface area contributed by atoms with Crippen LogP contribution in [-0.4, -0.2) is 11.1 Å². The second-order valence-corrected chi connectivity index (χ2v) is 4.63. The van der Waals surface area contributed by atoms with Crippen LogP contribution >= 0.6 is 0 Å². The molecule has 20 heavy (non-hydrogen) atoms. The SMILES string of the molecule is C[C@@H](NCc1ccc(C(=O)O)cc1)c1ccccc1F. The fourth-order valence-corrected chi connectivity index (χ4v) is 1.97. The molecule has 0 aliphatic rings. The number of benzene rings is 2. The molecular formula is C16H16FNO2. The Labute approximate surface area is 117 Å². The van der Waals surface area contributed by atoms with Crippen molar-refractivity contribution < 1.29 is 14.3 Å². The zero-order valence-corrected chi connectivity index (χ0v) is 11.1. The molecule has 0 unspecified atom stereocenters. The highest BCUT2D eigenvalue weighted by atomic mass is 19.1. The number of halogens is 1. The molecule has 2 aromatic rings. The maximum absolute atomic E-state index is 13.6. The van der Waals surface area contributed by atoms with Crippen molar-refractivity contribution in [3.05, 3.63) is 71.0 Å². The molecule has 0 fully saturated rings. The van der Waals surface area contributed by atoms with Crippen LogP contribution in [0, 0.1) is 5.82 Å². The first kappa shape index (κ1) is 14.2. The Balaban J connectivity index is 1.98. The minimum atomic E-state index is -0.941. The van der Waals surface area contributed by atoms with E-state index in [-0.39, 0.29) is 17.4 Å². The Morgan fingerprint density at radius 3 is 2.45 bits per heavy atom. The summed E-state index contributed by atoms with van der Waals surface area (Å²) in [5.74, 6) is -1.17. The maximum Gasteiger partial charge on any atom is 0.335 e. The van der Waals surface area contributed by atoms with E-state index in [1.54, 1.807) is 42.5 Å². The van der Waals surface area contributed by atoms with Gasteiger partial charge in [-0.15, -0.1) is 0 Å². The fourth-order valence-electron chi connectivity index (χ4n) is 1.97. The standard InChI is InChI=1S/C16H16FNO2/c1-11(14-4-2-3-5-15(14)17)18-10-12-6-8-13(9-7-12)16(19)20/h2-9,11,18H,10H2,1H3,(H,19,20)/t11-/m1/s1. The van der Waals surface area contributed by atoms with Gasteiger partial charge in [-0.25, -0.2) is 9.18 Å². The van der Waals surface area contributed by atoms with Crippen LogP contribution in [0.4, 0.5) is 4.39 Å². The fraction of sp³-hybridized carbons (Fsp3) is 0.188. The monoisotopic (exact) mass is 273 g/mol. The van der Waals surface area contributed by atoms with Crippen molar-refractivity contribution in [2.45, 2.75) is 19.5 Å². The second-order valence-electron chi connectivity index (χ2n) is 4.63. The van der Waals surface area contributed by atoms with Crippen molar-refractivity contribution in [2.24, 2.45) is 0 Å². The highest BCUT2D eigenvalue weighted by Gasteiger charge is 2.09. The van der Waals surface area contributed by atoms with Gasteiger partial charge in [-0.3, -0.25) is 0 Å². The third-order valence-electron chi connectivity index (χ3n) is 3.18. The number of carboxylic acids is 1. The van der Waals surface area contributed by atoms with Crippen molar-refractivity contribution in [1.29, 1.82) is 0 Å². The molecule has 2 rings (SSSR count). The predicted octanol–water partition coefficient (Wildman–Crippen LogP) is 3.37. The number of hydrogen-bond acceptors (Lipinski definition) is 2. The van der Waals surface area contributed by atoms with Crippen LogP contribution in [-0.2, 0) is 6.54 Å². The Hall–Kier alpha value is -2.20. The van der Waals surface area contributed by atoms with Crippen LogP contribution in [0.1, 0.15) is 34.5 Å². The van der Waals surface area contributed by atoms with E-state index in [1.165, 1.54) is 6.07 Å². The van der Waals surface area contributed by atoms with Gasteiger partial charge in [0.05, 0.1) is 5.56 Å². The molecule has 3 nitrogen and oxygen atoms in total. The molecule has 0 radical (unpaired) electrons. The van der Waals surface area contributed by atoms with Crippen LogP contribution in [0.5, 0.6) is 0 Å². The molecule has 2 N–H and O–H groups in total. The van der Waals surface area contributed by atoms with Gasteiger partial charge in [0.1, 0.15) is 5.82 Å². The zero-order valence-electron chi connectivity index (χ0n) is 11.1. The summed E-state index contributed by atoms with van der Waals surface area (Å²) in [5.41, 5.74) is 1.84. The summed E-state index contributed by atoms with van der Waals surface area (Å²) in [6.45, 7) is 2.44. The molecule has 0 spiro atoms. The van der Waals surface area contributed by atoms with E-state index in [0.717, 1.165) is 5.56 Å². The Bertz CT molecular complexity index is 596.